The summed E-state index contributed by atoms with van der Waals surface area (Å²) in [6, 6.07) is 48.9. The minimum absolute atomic E-state index is 0.0954. The Morgan fingerprint density at radius 2 is 0.761 bits per heavy atom. The van der Waals surface area contributed by atoms with Crippen LogP contribution in [0, 0.1) is 6.92 Å². The second kappa shape index (κ2) is 17.3. The third kappa shape index (κ3) is 7.34. The van der Waals surface area contributed by atoms with Gasteiger partial charge in [0.1, 0.15) is 29.6 Å². The Morgan fingerprint density at radius 3 is 1.21 bits per heavy atom. The van der Waals surface area contributed by atoms with Gasteiger partial charge in [-0.1, -0.05) is 124 Å². The average Bonchev–Trinajstić information content (AvgIpc) is 3.88. The summed E-state index contributed by atoms with van der Waals surface area (Å²) in [4.78, 5) is 0. The molecule has 8 aromatic carbocycles. The minimum Gasteiger partial charge on any atom is -0.507 e. The first-order valence-electron chi connectivity index (χ1n) is 24.4. The van der Waals surface area contributed by atoms with Crippen LogP contribution in [-0.4, -0.2) is 43.9 Å². The summed E-state index contributed by atoms with van der Waals surface area (Å²) in [6.07, 6.45) is 0.436. The van der Waals surface area contributed by atoms with Gasteiger partial charge in [-0.05, 0) is 151 Å². The Morgan fingerprint density at radius 1 is 0.394 bits per heavy atom. The van der Waals surface area contributed by atoms with Crippen LogP contribution in [0.25, 0.3) is 55.6 Å². The molecule has 0 heterocycles. The third-order valence-electron chi connectivity index (χ3n) is 15.9. The first kappa shape index (κ1) is 46.2. The molecule has 1 atom stereocenters. The second-order valence-electron chi connectivity index (χ2n) is 20.7. The van der Waals surface area contributed by atoms with Crippen LogP contribution in [0.15, 0.2) is 140 Å². The first-order chi connectivity index (χ1) is 34.2. The summed E-state index contributed by atoms with van der Waals surface area (Å²) in [5.41, 5.74) is 20.3. The lowest BCUT2D eigenvalue weighted by atomic mass is 9.75. The molecule has 8 nitrogen and oxygen atoms in total. The number of aliphatic hydroxyl groups excluding tert-OH is 4. The number of fused-ring (bicyclic) bond motifs is 9. The van der Waals surface area contributed by atoms with Gasteiger partial charge in [0.15, 0.2) is 0 Å². The number of ether oxygens (including phenoxy) is 2. The number of hydrogen-bond acceptors (Lipinski definition) is 8. The maximum atomic E-state index is 10.7. The molecule has 6 N–H and O–H groups in total. The summed E-state index contributed by atoms with van der Waals surface area (Å²) < 4.78 is 13.1. The van der Waals surface area contributed by atoms with E-state index in [9.17, 15) is 30.6 Å². The van der Waals surface area contributed by atoms with Crippen LogP contribution in [0.3, 0.4) is 0 Å². The molecule has 8 aromatic rings. The van der Waals surface area contributed by atoms with Crippen LogP contribution in [0.4, 0.5) is 0 Å². The van der Waals surface area contributed by atoms with Gasteiger partial charge in [-0.15, -0.1) is 0 Å². The Labute approximate surface area is 414 Å². The van der Waals surface area contributed by atoms with E-state index in [0.29, 0.717) is 17.9 Å². The van der Waals surface area contributed by atoms with E-state index in [1.165, 1.54) is 61.2 Å². The summed E-state index contributed by atoms with van der Waals surface area (Å²) in [6.45, 7) is 10.1. The zero-order valence-corrected chi connectivity index (χ0v) is 40.7. The van der Waals surface area contributed by atoms with E-state index in [1.807, 2.05) is 12.1 Å². The van der Waals surface area contributed by atoms with E-state index < -0.39 is 31.8 Å². The zero-order valence-electron chi connectivity index (χ0n) is 40.7. The fourth-order valence-corrected chi connectivity index (χ4v) is 11.9. The van der Waals surface area contributed by atoms with Crippen molar-refractivity contribution in [3.8, 4) is 78.6 Å². The molecule has 3 aliphatic rings. The fraction of sp³-hybridized carbons (Fsp3) is 0.238. The molecule has 3 aliphatic carbocycles. The van der Waals surface area contributed by atoms with Crippen LogP contribution in [0.5, 0.6) is 23.0 Å². The molecule has 0 saturated carbocycles. The lowest BCUT2D eigenvalue weighted by molar-refractivity contribution is 0.200. The number of phenols is 2. The number of rotatable bonds is 13. The smallest absolute Gasteiger partial charge is 0.126 e. The van der Waals surface area contributed by atoms with E-state index in [0.717, 1.165) is 33.4 Å². The summed E-state index contributed by atoms with van der Waals surface area (Å²) >= 11 is 0. The van der Waals surface area contributed by atoms with E-state index >= 15 is 0 Å². The van der Waals surface area contributed by atoms with E-state index in [1.54, 1.807) is 24.3 Å². The Bertz CT molecular complexity index is 3400. The number of aryl methyl sites for hydroxylation is 1. The van der Waals surface area contributed by atoms with Crippen molar-refractivity contribution in [3.63, 3.8) is 0 Å². The summed E-state index contributed by atoms with van der Waals surface area (Å²) in [7, 11) is 0. The average molecular weight is 943 g/mol. The van der Waals surface area contributed by atoms with Gasteiger partial charge in [0.25, 0.3) is 0 Å². The highest BCUT2D eigenvalue weighted by atomic mass is 16.5. The molecule has 0 aromatic heterocycles. The lowest BCUT2D eigenvalue weighted by Crippen LogP contribution is -2.35. The van der Waals surface area contributed by atoms with Crippen LogP contribution in [0.2, 0.25) is 0 Å². The number of benzene rings is 8. The van der Waals surface area contributed by atoms with Crippen molar-refractivity contribution < 1.29 is 40.1 Å². The van der Waals surface area contributed by atoms with Gasteiger partial charge in [-0.2, -0.15) is 0 Å². The quantitative estimate of drug-likeness (QED) is 0.0672. The molecule has 0 fully saturated rings. The predicted molar refractivity (Wildman–Crippen MR) is 279 cm³/mol. The summed E-state index contributed by atoms with van der Waals surface area (Å²) in [5.74, 6) is 0.454. The molecular weight excluding hydrogens is 885 g/mol. The topological polar surface area (TPSA) is 140 Å². The molecule has 0 spiro atoms. The molecule has 0 saturated heterocycles. The molecule has 71 heavy (non-hydrogen) atoms. The van der Waals surface area contributed by atoms with Crippen LogP contribution in [-0.2, 0) is 42.7 Å². The first-order valence-corrected chi connectivity index (χ1v) is 24.4. The monoisotopic (exact) mass is 942 g/mol. The van der Waals surface area contributed by atoms with Crippen LogP contribution in [0.1, 0.15) is 95.3 Å². The second-order valence-corrected chi connectivity index (χ2v) is 20.7. The molecular formula is C63H58O8. The SMILES string of the molecule is Cc1ccc2c(c1)C(C)(C)c1cc(-c3ccc4c(c3)C(C)(C)c3cc(-c5ccc6c(c5)C(CCOc5cc(CO)c(O)c(CO)c5)(COc5cc(CO)c(O)c(CO)c5)c5ccccc5-6)ccc3-4)ccc1-2. The van der Waals surface area contributed by atoms with E-state index in [-0.39, 0.29) is 57.8 Å². The Balaban J connectivity index is 0.961. The normalized spacial score (nSPS) is 16.2. The van der Waals surface area contributed by atoms with Crippen LogP contribution >= 0.6 is 0 Å². The maximum absolute atomic E-state index is 10.7. The largest absolute Gasteiger partial charge is 0.507 e. The molecule has 358 valence electrons. The van der Waals surface area contributed by atoms with Crippen molar-refractivity contribution >= 4 is 0 Å². The van der Waals surface area contributed by atoms with Crippen molar-refractivity contribution in [2.75, 3.05) is 13.2 Å². The zero-order chi connectivity index (χ0) is 49.6. The number of aliphatic hydroxyl groups is 4. The highest BCUT2D eigenvalue weighted by Gasteiger charge is 2.45. The molecule has 0 bridgehead atoms. The van der Waals surface area contributed by atoms with Gasteiger partial charge in [-0.25, -0.2) is 0 Å². The third-order valence-corrected chi connectivity index (χ3v) is 15.9. The molecule has 11 rings (SSSR count). The molecule has 1 unspecified atom stereocenters. The van der Waals surface area contributed by atoms with E-state index in [4.69, 9.17) is 9.47 Å². The minimum atomic E-state index is -0.785. The van der Waals surface area contributed by atoms with Crippen LogP contribution < -0.4 is 9.47 Å². The summed E-state index contributed by atoms with van der Waals surface area (Å²) in [5, 5.41) is 61.5. The van der Waals surface area contributed by atoms with Gasteiger partial charge < -0.3 is 40.1 Å². The van der Waals surface area contributed by atoms with Crippen molar-refractivity contribution in [2.45, 2.75) is 83.7 Å². The van der Waals surface area contributed by atoms with Crippen molar-refractivity contribution in [3.05, 3.63) is 201 Å². The standard InChI is InChI=1S/C63H58O8/c1-36-10-15-48-49-16-11-37(27-55(49)61(2,3)54(48)22-36)38-12-17-50-51-18-13-39(29-57(51)62(4,5)56(50)28-38)40-14-19-52-47-8-6-7-9-53(47)63(58(52)30-40,35-71-46-25-43(33-66)60(69)44(26-46)34-67)20-21-70-45-23-41(31-64)59(68)42(24-45)32-65/h6-19,22-30,64-69H,20-21,31-35H2,1-5H3. The van der Waals surface area contributed by atoms with Crippen molar-refractivity contribution in [1.29, 1.82) is 0 Å². The lowest BCUT2D eigenvalue weighted by Gasteiger charge is -2.32. The van der Waals surface area contributed by atoms with Gasteiger partial charge in [0.05, 0.1) is 38.4 Å². The van der Waals surface area contributed by atoms with E-state index in [2.05, 4.69) is 138 Å². The van der Waals surface area contributed by atoms with Crippen molar-refractivity contribution in [1.82, 2.24) is 0 Å². The highest BCUT2D eigenvalue weighted by Crippen LogP contribution is 2.55. The Hall–Kier alpha value is -7.20. The molecule has 0 radical (unpaired) electrons. The van der Waals surface area contributed by atoms with Gasteiger partial charge in [0, 0.05) is 33.1 Å². The molecule has 0 aliphatic heterocycles. The van der Waals surface area contributed by atoms with Gasteiger partial charge in [0.2, 0.25) is 0 Å². The number of aromatic hydroxyl groups is 2. The highest BCUT2D eigenvalue weighted by molar-refractivity contribution is 5.89. The predicted octanol–water partition coefficient (Wildman–Crippen LogP) is 12.1. The fourth-order valence-electron chi connectivity index (χ4n) is 11.9. The van der Waals surface area contributed by atoms with Gasteiger partial charge in [-0.3, -0.25) is 0 Å². The molecule has 8 heteroatoms. The Kier molecular flexibility index (Phi) is 11.2. The van der Waals surface area contributed by atoms with Gasteiger partial charge >= 0.3 is 0 Å². The number of hydrogen-bond donors (Lipinski definition) is 6. The van der Waals surface area contributed by atoms with Crippen molar-refractivity contribution in [2.24, 2.45) is 0 Å². The molecule has 0 amide bonds. The maximum Gasteiger partial charge on any atom is 0.126 e.